The van der Waals surface area contributed by atoms with E-state index in [0.29, 0.717) is 10.8 Å². The Hall–Kier alpha value is -3.42. The lowest BCUT2D eigenvalue weighted by Crippen LogP contribution is -2.23. The van der Waals surface area contributed by atoms with Gasteiger partial charge in [-0.2, -0.15) is 0 Å². The Morgan fingerprint density at radius 3 is 2.67 bits per heavy atom. The zero-order chi connectivity index (χ0) is 25.8. The van der Waals surface area contributed by atoms with Crippen LogP contribution < -0.4 is 4.74 Å². The third-order valence-electron chi connectivity index (χ3n) is 5.82. The first-order valence-electron chi connectivity index (χ1n) is 11.6. The van der Waals surface area contributed by atoms with Gasteiger partial charge in [0.05, 0.1) is 16.6 Å². The quantitative estimate of drug-likeness (QED) is 0.250. The van der Waals surface area contributed by atoms with Crippen molar-refractivity contribution in [1.29, 1.82) is 0 Å². The minimum atomic E-state index is -0.895. The van der Waals surface area contributed by atoms with Crippen molar-refractivity contribution in [1.82, 2.24) is 15.0 Å². The fourth-order valence-corrected chi connectivity index (χ4v) is 5.68. The number of aryl methyl sites for hydroxylation is 2. The van der Waals surface area contributed by atoms with Crippen molar-refractivity contribution < 1.29 is 14.6 Å². The van der Waals surface area contributed by atoms with E-state index in [2.05, 4.69) is 22.1 Å². The molecule has 0 bridgehead atoms. The fraction of sp³-hybridized carbons (Fsp3) is 0.250. The maximum absolute atomic E-state index is 11.9. The van der Waals surface area contributed by atoms with Crippen LogP contribution in [-0.4, -0.2) is 31.6 Å². The molecule has 184 valence electrons. The van der Waals surface area contributed by atoms with Crippen LogP contribution in [0, 0.1) is 13.8 Å². The summed E-state index contributed by atoms with van der Waals surface area (Å²) in [6, 6.07) is 11.6. The molecule has 0 aliphatic heterocycles. The van der Waals surface area contributed by atoms with Gasteiger partial charge in [0.1, 0.15) is 22.0 Å². The van der Waals surface area contributed by atoms with Crippen LogP contribution in [0.4, 0.5) is 0 Å². The van der Waals surface area contributed by atoms with Gasteiger partial charge < -0.3 is 14.8 Å². The molecular weight excluding hydrogens is 494 g/mol. The summed E-state index contributed by atoms with van der Waals surface area (Å²) in [5.41, 5.74) is 6.34. The number of fused-ring (bicyclic) bond motifs is 2. The second-order valence-corrected chi connectivity index (χ2v) is 11.4. The molecule has 5 aromatic rings. The fourth-order valence-electron chi connectivity index (χ4n) is 4.41. The number of carboxylic acid groups (broad SMARTS) is 1. The van der Waals surface area contributed by atoms with Gasteiger partial charge in [-0.25, -0.2) is 9.97 Å². The molecule has 6 nitrogen and oxygen atoms in total. The second kappa shape index (κ2) is 8.91. The Morgan fingerprint density at radius 1 is 1.17 bits per heavy atom. The van der Waals surface area contributed by atoms with E-state index in [1.165, 1.54) is 11.3 Å². The van der Waals surface area contributed by atoms with Crippen molar-refractivity contribution in [2.45, 2.75) is 46.6 Å². The number of hydrogen-bond donors (Lipinski definition) is 2. The van der Waals surface area contributed by atoms with Gasteiger partial charge in [-0.3, -0.25) is 4.79 Å². The molecule has 0 fully saturated rings. The van der Waals surface area contributed by atoms with E-state index in [1.807, 2.05) is 52.9 Å². The standard InChI is InChI=1S/C28H26ClN3O3S/c1-14-8-21-25(36-27(32-21)17-10-16-9-15(2)31-26(16)30-13-17)24(20(14)12-23(33)34)19-7-6-18(29)11-22(19)35-28(3,4)5/h6-11,13H,12H2,1-5H3,(H,30,31)(H,33,34). The highest BCUT2D eigenvalue weighted by Gasteiger charge is 2.24. The summed E-state index contributed by atoms with van der Waals surface area (Å²) >= 11 is 7.87. The normalized spacial score (nSPS) is 11.9. The number of aliphatic carboxylic acids is 1. The number of ether oxygens (including phenoxy) is 1. The highest BCUT2D eigenvalue weighted by Crippen LogP contribution is 2.45. The molecule has 0 aliphatic rings. The number of rotatable bonds is 5. The third-order valence-corrected chi connectivity index (χ3v) is 7.19. The van der Waals surface area contributed by atoms with Gasteiger partial charge in [-0.1, -0.05) is 11.6 Å². The summed E-state index contributed by atoms with van der Waals surface area (Å²) in [5.74, 6) is -0.289. The molecule has 3 aromatic heterocycles. The van der Waals surface area contributed by atoms with Gasteiger partial charge in [-0.05, 0) is 82.1 Å². The molecule has 5 rings (SSSR count). The molecule has 2 N–H and O–H groups in total. The first-order chi connectivity index (χ1) is 17.0. The van der Waals surface area contributed by atoms with Crippen LogP contribution in [0.3, 0.4) is 0 Å². The van der Waals surface area contributed by atoms with Gasteiger partial charge in [0, 0.05) is 39.0 Å². The van der Waals surface area contributed by atoms with Gasteiger partial charge in [0.2, 0.25) is 0 Å². The summed E-state index contributed by atoms with van der Waals surface area (Å²) < 4.78 is 7.20. The zero-order valence-electron chi connectivity index (χ0n) is 20.7. The lowest BCUT2D eigenvalue weighted by atomic mass is 9.92. The predicted octanol–water partition coefficient (Wildman–Crippen LogP) is 7.58. The van der Waals surface area contributed by atoms with Crippen LogP contribution in [0.5, 0.6) is 5.75 Å². The van der Waals surface area contributed by atoms with Crippen molar-refractivity contribution in [3.8, 4) is 27.4 Å². The molecule has 0 aliphatic carbocycles. The highest BCUT2D eigenvalue weighted by atomic mass is 35.5. The van der Waals surface area contributed by atoms with E-state index in [-0.39, 0.29) is 6.42 Å². The first kappa shape index (κ1) is 24.3. The number of H-pyrrole nitrogens is 1. The number of halogens is 1. The van der Waals surface area contributed by atoms with Crippen molar-refractivity contribution in [2.24, 2.45) is 0 Å². The van der Waals surface area contributed by atoms with Crippen molar-refractivity contribution in [2.75, 3.05) is 0 Å². The number of nitrogens with one attached hydrogen (secondary N) is 1. The van der Waals surface area contributed by atoms with E-state index in [4.69, 9.17) is 21.3 Å². The molecule has 0 amide bonds. The molecule has 3 heterocycles. The average Bonchev–Trinajstić information content (AvgIpc) is 3.35. The number of thiazole rings is 1. The lowest BCUT2D eigenvalue weighted by Gasteiger charge is -2.24. The van der Waals surface area contributed by atoms with E-state index in [0.717, 1.165) is 59.8 Å². The Bertz CT molecular complexity index is 1650. The third kappa shape index (κ3) is 4.68. The number of aromatic nitrogens is 3. The number of carboxylic acids is 1. The molecule has 8 heteroatoms. The molecule has 0 spiro atoms. The largest absolute Gasteiger partial charge is 0.487 e. The summed E-state index contributed by atoms with van der Waals surface area (Å²) in [6.45, 7) is 9.84. The maximum Gasteiger partial charge on any atom is 0.307 e. The van der Waals surface area contributed by atoms with Gasteiger partial charge >= 0.3 is 5.97 Å². The molecule has 36 heavy (non-hydrogen) atoms. The number of carbonyl (C=O) groups is 1. The molecular formula is C28H26ClN3O3S. The molecule has 0 saturated heterocycles. The Balaban J connectivity index is 1.78. The van der Waals surface area contributed by atoms with Crippen LogP contribution in [0.25, 0.3) is 42.9 Å². The van der Waals surface area contributed by atoms with E-state index < -0.39 is 11.6 Å². The van der Waals surface area contributed by atoms with E-state index >= 15 is 0 Å². The van der Waals surface area contributed by atoms with Crippen LogP contribution in [0.15, 0.2) is 42.6 Å². The number of aromatic amines is 1. The average molecular weight is 520 g/mol. The summed E-state index contributed by atoms with van der Waals surface area (Å²) in [6.07, 6.45) is 1.70. The topological polar surface area (TPSA) is 88.1 Å². The van der Waals surface area contributed by atoms with Crippen molar-refractivity contribution in [3.05, 3.63) is 64.4 Å². The van der Waals surface area contributed by atoms with Gasteiger partial charge in [-0.15, -0.1) is 11.3 Å². The Kier molecular flexibility index (Phi) is 6.01. The van der Waals surface area contributed by atoms with Crippen LogP contribution in [0.1, 0.15) is 37.6 Å². The van der Waals surface area contributed by atoms with Crippen LogP contribution in [-0.2, 0) is 11.2 Å². The maximum atomic E-state index is 11.9. The minimum absolute atomic E-state index is 0.113. The number of pyridine rings is 1. The van der Waals surface area contributed by atoms with E-state index in [1.54, 1.807) is 12.1 Å². The minimum Gasteiger partial charge on any atom is -0.487 e. The predicted molar refractivity (Wildman–Crippen MR) is 146 cm³/mol. The Morgan fingerprint density at radius 2 is 1.94 bits per heavy atom. The van der Waals surface area contributed by atoms with E-state index in [9.17, 15) is 9.90 Å². The lowest BCUT2D eigenvalue weighted by molar-refractivity contribution is -0.136. The van der Waals surface area contributed by atoms with Gasteiger partial charge in [0.25, 0.3) is 0 Å². The first-order valence-corrected chi connectivity index (χ1v) is 12.8. The second-order valence-electron chi connectivity index (χ2n) is 9.95. The SMILES string of the molecule is Cc1cc2cc(-c3nc4cc(C)c(CC(=O)O)c(-c5ccc(Cl)cc5OC(C)(C)C)c4s3)cnc2[nH]1. The highest BCUT2D eigenvalue weighted by molar-refractivity contribution is 7.22. The summed E-state index contributed by atoms with van der Waals surface area (Å²) in [7, 11) is 0. The Labute approximate surface area is 217 Å². The molecule has 0 unspecified atom stereocenters. The number of nitrogens with zero attached hydrogens (tertiary/aromatic N) is 2. The zero-order valence-corrected chi connectivity index (χ0v) is 22.3. The van der Waals surface area contributed by atoms with Crippen LogP contribution in [0.2, 0.25) is 5.02 Å². The summed E-state index contributed by atoms with van der Waals surface area (Å²) in [5, 5.41) is 12.1. The van der Waals surface area contributed by atoms with Crippen molar-refractivity contribution in [3.63, 3.8) is 0 Å². The number of hydrogen-bond acceptors (Lipinski definition) is 5. The van der Waals surface area contributed by atoms with Crippen molar-refractivity contribution >= 4 is 50.2 Å². The summed E-state index contributed by atoms with van der Waals surface area (Å²) in [4.78, 5) is 24.6. The molecule has 0 saturated carbocycles. The van der Waals surface area contributed by atoms with Gasteiger partial charge in [0.15, 0.2) is 0 Å². The molecule has 0 radical (unpaired) electrons. The monoisotopic (exact) mass is 519 g/mol. The number of benzene rings is 2. The molecule has 0 atom stereocenters. The van der Waals surface area contributed by atoms with Crippen LogP contribution >= 0.6 is 22.9 Å². The smallest absolute Gasteiger partial charge is 0.307 e. The molecule has 2 aromatic carbocycles.